The number of esters is 1. The molecule has 0 aromatic carbocycles. The van der Waals surface area contributed by atoms with Gasteiger partial charge in [-0.1, -0.05) is 63.7 Å². The maximum Gasteiger partial charge on any atom is 0.333 e. The predicted octanol–water partition coefficient (Wildman–Crippen LogP) is 5.19. The summed E-state index contributed by atoms with van der Waals surface area (Å²) >= 11 is 0. The zero-order chi connectivity index (χ0) is 14.5. The van der Waals surface area contributed by atoms with Gasteiger partial charge in [-0.3, -0.25) is 0 Å². The van der Waals surface area contributed by atoms with Crippen LogP contribution in [0.2, 0.25) is 0 Å². The Kier molecular flexibility index (Phi) is 11.3. The molecule has 0 atom stereocenters. The van der Waals surface area contributed by atoms with E-state index in [1.165, 1.54) is 44.9 Å². The molecule has 0 N–H and O–H groups in total. The summed E-state index contributed by atoms with van der Waals surface area (Å²) in [5.74, 6) is -0.208. The Morgan fingerprint density at radius 3 is 2.21 bits per heavy atom. The van der Waals surface area contributed by atoms with Gasteiger partial charge in [0.25, 0.3) is 0 Å². The Morgan fingerprint density at radius 1 is 1.05 bits per heavy atom. The lowest BCUT2D eigenvalue weighted by atomic mass is 10.0. The van der Waals surface area contributed by atoms with Gasteiger partial charge >= 0.3 is 5.97 Å². The molecule has 0 aromatic heterocycles. The fourth-order valence-electron chi connectivity index (χ4n) is 1.95. The van der Waals surface area contributed by atoms with Crippen LogP contribution in [0.25, 0.3) is 0 Å². The van der Waals surface area contributed by atoms with Crippen LogP contribution >= 0.6 is 0 Å². The van der Waals surface area contributed by atoms with E-state index in [0.717, 1.165) is 17.6 Å². The second-order valence-corrected chi connectivity index (χ2v) is 5.16. The summed E-state index contributed by atoms with van der Waals surface area (Å²) < 4.78 is 5.03. The van der Waals surface area contributed by atoms with Crippen molar-refractivity contribution < 1.29 is 9.53 Å². The molecule has 2 nitrogen and oxygen atoms in total. The van der Waals surface area contributed by atoms with Gasteiger partial charge in [0.05, 0.1) is 0 Å². The molecule has 19 heavy (non-hydrogen) atoms. The molecule has 110 valence electrons. The van der Waals surface area contributed by atoms with Gasteiger partial charge in [-0.2, -0.15) is 0 Å². The third kappa shape index (κ3) is 9.52. The van der Waals surface area contributed by atoms with Crippen LogP contribution in [-0.2, 0) is 9.53 Å². The largest absolute Gasteiger partial charge is 0.458 e. The fraction of sp³-hybridized carbons (Fsp3) is 0.706. The highest BCUT2D eigenvalue weighted by molar-refractivity contribution is 5.88. The topological polar surface area (TPSA) is 26.3 Å². The van der Waals surface area contributed by atoms with Crippen LogP contribution in [0.5, 0.6) is 0 Å². The number of unbranched alkanes of at least 4 members (excludes halogenated alkanes) is 6. The van der Waals surface area contributed by atoms with E-state index in [1.807, 2.05) is 13.8 Å². The molecule has 0 aliphatic heterocycles. The molecule has 0 radical (unpaired) electrons. The smallest absolute Gasteiger partial charge is 0.333 e. The summed E-state index contributed by atoms with van der Waals surface area (Å²) in [7, 11) is 0. The van der Waals surface area contributed by atoms with Crippen molar-refractivity contribution in [2.75, 3.05) is 6.61 Å². The van der Waals surface area contributed by atoms with Crippen LogP contribution in [-0.4, -0.2) is 12.6 Å². The van der Waals surface area contributed by atoms with Gasteiger partial charge in [0, 0.05) is 5.57 Å². The summed E-state index contributed by atoms with van der Waals surface area (Å²) in [6.45, 7) is 9.94. The van der Waals surface area contributed by atoms with E-state index in [1.54, 1.807) is 6.08 Å². The number of carbonyl (C=O) groups excluding carboxylic acids is 1. The molecule has 0 aliphatic carbocycles. The SMILES string of the molecule is C=CCOC(=O)C(C)=C(C)CCCCCCCCC. The van der Waals surface area contributed by atoms with E-state index in [-0.39, 0.29) is 5.97 Å². The molecule has 2 heteroatoms. The second kappa shape index (κ2) is 12.0. The summed E-state index contributed by atoms with van der Waals surface area (Å²) in [5.41, 5.74) is 1.91. The van der Waals surface area contributed by atoms with Crippen LogP contribution < -0.4 is 0 Å². The summed E-state index contributed by atoms with van der Waals surface area (Å²) in [6, 6.07) is 0. The van der Waals surface area contributed by atoms with Crippen molar-refractivity contribution in [2.24, 2.45) is 0 Å². The van der Waals surface area contributed by atoms with E-state index in [9.17, 15) is 4.79 Å². The van der Waals surface area contributed by atoms with E-state index >= 15 is 0 Å². The molecule has 0 saturated heterocycles. The molecular weight excluding hydrogens is 236 g/mol. The number of rotatable bonds is 11. The van der Waals surface area contributed by atoms with Gasteiger partial charge in [0.2, 0.25) is 0 Å². The van der Waals surface area contributed by atoms with Crippen molar-refractivity contribution in [3.05, 3.63) is 23.8 Å². The summed E-state index contributed by atoms with van der Waals surface area (Å²) in [6.07, 6.45) is 11.7. The average molecular weight is 266 g/mol. The first-order valence-electron chi connectivity index (χ1n) is 7.57. The van der Waals surface area contributed by atoms with Crippen molar-refractivity contribution in [1.82, 2.24) is 0 Å². The molecule has 0 bridgehead atoms. The molecule has 0 aromatic rings. The van der Waals surface area contributed by atoms with Crippen molar-refractivity contribution in [3.8, 4) is 0 Å². The van der Waals surface area contributed by atoms with Gasteiger partial charge in [0.1, 0.15) is 6.61 Å². The minimum Gasteiger partial charge on any atom is -0.458 e. The molecule has 0 spiro atoms. The van der Waals surface area contributed by atoms with Gasteiger partial charge in [-0.15, -0.1) is 0 Å². The summed E-state index contributed by atoms with van der Waals surface area (Å²) in [4.78, 5) is 11.6. The zero-order valence-electron chi connectivity index (χ0n) is 13.0. The molecule has 0 rings (SSSR count). The molecule has 0 unspecified atom stereocenters. The molecular formula is C17H30O2. The quantitative estimate of drug-likeness (QED) is 0.222. The van der Waals surface area contributed by atoms with Gasteiger partial charge in [-0.25, -0.2) is 4.79 Å². The first kappa shape index (κ1) is 17.9. The monoisotopic (exact) mass is 266 g/mol. The lowest BCUT2D eigenvalue weighted by Crippen LogP contribution is -2.07. The predicted molar refractivity (Wildman–Crippen MR) is 82.1 cm³/mol. The van der Waals surface area contributed by atoms with Crippen LogP contribution in [0.4, 0.5) is 0 Å². The third-order valence-electron chi connectivity index (χ3n) is 3.43. The normalized spacial score (nSPS) is 11.9. The Hall–Kier alpha value is -1.05. The summed E-state index contributed by atoms with van der Waals surface area (Å²) in [5, 5.41) is 0. The molecule has 0 heterocycles. The number of hydrogen-bond acceptors (Lipinski definition) is 2. The Morgan fingerprint density at radius 2 is 1.63 bits per heavy atom. The Labute approximate surface area is 118 Å². The third-order valence-corrected chi connectivity index (χ3v) is 3.43. The number of allylic oxidation sites excluding steroid dienone is 1. The minimum absolute atomic E-state index is 0.208. The highest BCUT2D eigenvalue weighted by atomic mass is 16.5. The van der Waals surface area contributed by atoms with Crippen molar-refractivity contribution in [1.29, 1.82) is 0 Å². The van der Waals surface area contributed by atoms with Crippen LogP contribution in [0.1, 0.15) is 72.1 Å². The number of carbonyl (C=O) groups is 1. The molecule has 0 saturated carbocycles. The van der Waals surface area contributed by atoms with Crippen molar-refractivity contribution >= 4 is 5.97 Å². The fourth-order valence-corrected chi connectivity index (χ4v) is 1.95. The minimum atomic E-state index is -0.208. The van der Waals surface area contributed by atoms with Gasteiger partial charge in [0.15, 0.2) is 0 Å². The maximum absolute atomic E-state index is 11.6. The van der Waals surface area contributed by atoms with Crippen LogP contribution in [0.15, 0.2) is 23.8 Å². The first-order chi connectivity index (χ1) is 9.13. The van der Waals surface area contributed by atoms with Crippen LogP contribution in [0, 0.1) is 0 Å². The van der Waals surface area contributed by atoms with E-state index in [2.05, 4.69) is 13.5 Å². The standard InChI is InChI=1S/C17H30O2/c1-5-7-8-9-10-11-12-13-15(3)16(4)17(18)19-14-6-2/h6H,2,5,7-14H2,1,3-4H3. The lowest BCUT2D eigenvalue weighted by Gasteiger charge is -2.07. The van der Waals surface area contributed by atoms with Crippen molar-refractivity contribution in [2.45, 2.75) is 72.1 Å². The number of hydrogen-bond donors (Lipinski definition) is 0. The highest BCUT2D eigenvalue weighted by Crippen LogP contribution is 2.15. The van der Waals surface area contributed by atoms with Crippen LogP contribution in [0.3, 0.4) is 0 Å². The molecule has 0 fully saturated rings. The van der Waals surface area contributed by atoms with Gasteiger partial charge in [-0.05, 0) is 26.7 Å². The molecule has 0 aliphatic rings. The van der Waals surface area contributed by atoms with E-state index < -0.39 is 0 Å². The van der Waals surface area contributed by atoms with E-state index in [4.69, 9.17) is 4.74 Å². The molecule has 0 amide bonds. The Balaban J connectivity index is 3.78. The van der Waals surface area contributed by atoms with Crippen molar-refractivity contribution in [3.63, 3.8) is 0 Å². The number of ether oxygens (including phenoxy) is 1. The first-order valence-corrected chi connectivity index (χ1v) is 7.57. The second-order valence-electron chi connectivity index (χ2n) is 5.16. The van der Waals surface area contributed by atoms with E-state index in [0.29, 0.717) is 6.61 Å². The zero-order valence-corrected chi connectivity index (χ0v) is 13.0. The highest BCUT2D eigenvalue weighted by Gasteiger charge is 2.08. The van der Waals surface area contributed by atoms with Gasteiger partial charge < -0.3 is 4.74 Å². The average Bonchev–Trinajstić information content (AvgIpc) is 2.42. The maximum atomic E-state index is 11.6. The lowest BCUT2D eigenvalue weighted by molar-refractivity contribution is -0.137. The Bertz CT molecular complexity index is 290.